The van der Waals surface area contributed by atoms with Gasteiger partial charge in [0.05, 0.1) is 29.4 Å². The molecule has 1 aromatic heterocycles. The molecule has 0 saturated carbocycles. The van der Waals surface area contributed by atoms with Gasteiger partial charge in [-0.05, 0) is 36.4 Å². The zero-order chi connectivity index (χ0) is 19.0. The van der Waals surface area contributed by atoms with Crippen LogP contribution in [0.25, 0.3) is 16.8 Å². The third kappa shape index (κ3) is 3.07. The fraction of sp³-hybridized carbons (Fsp3) is 0.0500. The third-order valence-corrected chi connectivity index (χ3v) is 5.13. The van der Waals surface area contributed by atoms with Crippen LogP contribution < -0.4 is 4.90 Å². The maximum absolute atomic E-state index is 13.1. The zero-order valence-corrected chi connectivity index (χ0v) is 14.8. The molecule has 0 amide bonds. The van der Waals surface area contributed by atoms with Crippen LogP contribution in [0.1, 0.15) is 10.6 Å². The van der Waals surface area contributed by atoms with Crippen LogP contribution >= 0.6 is 11.3 Å². The van der Waals surface area contributed by atoms with E-state index in [1.165, 1.54) is 23.5 Å². The minimum Gasteiger partial charge on any atom is -0.510 e. The summed E-state index contributed by atoms with van der Waals surface area (Å²) in [4.78, 5) is 6.16. The summed E-state index contributed by atoms with van der Waals surface area (Å²) in [6.45, 7) is 0.144. The van der Waals surface area contributed by atoms with Crippen molar-refractivity contribution in [1.82, 2.24) is 4.98 Å². The molecule has 1 aliphatic heterocycles. The molecule has 3 aromatic rings. The number of halogens is 1. The number of nitrogens with zero attached hydrogens (tertiary/aromatic N) is 3. The van der Waals surface area contributed by atoms with Crippen LogP contribution in [0.5, 0.6) is 0 Å². The molecule has 0 radical (unpaired) electrons. The van der Waals surface area contributed by atoms with E-state index in [9.17, 15) is 9.50 Å². The molecule has 2 N–H and O–H groups in total. The first-order valence-electron chi connectivity index (χ1n) is 8.07. The number of aliphatic hydroxyl groups excluding tert-OH is 1. The van der Waals surface area contributed by atoms with E-state index in [2.05, 4.69) is 11.1 Å². The van der Waals surface area contributed by atoms with E-state index >= 15 is 0 Å². The van der Waals surface area contributed by atoms with Gasteiger partial charge in [-0.25, -0.2) is 9.37 Å². The molecule has 0 bridgehead atoms. The molecule has 2 aromatic carbocycles. The summed E-state index contributed by atoms with van der Waals surface area (Å²) in [5.41, 5.74) is 3.16. The van der Waals surface area contributed by atoms with Crippen molar-refractivity contribution in [2.75, 3.05) is 11.4 Å². The van der Waals surface area contributed by atoms with Gasteiger partial charge >= 0.3 is 0 Å². The van der Waals surface area contributed by atoms with Crippen molar-refractivity contribution >= 4 is 28.4 Å². The number of aliphatic hydroxyl groups is 1. The minimum absolute atomic E-state index is 0.0602. The van der Waals surface area contributed by atoms with Gasteiger partial charge in [-0.1, -0.05) is 12.1 Å². The SMILES string of the molecule is N#Cc1ccc(-c2csc(C3=C(O)CN(c4ccc(F)cc4)C3=N)n2)cc1. The Morgan fingerprint density at radius 3 is 2.52 bits per heavy atom. The Labute approximate surface area is 158 Å². The van der Waals surface area contributed by atoms with Gasteiger partial charge in [0.25, 0.3) is 0 Å². The zero-order valence-electron chi connectivity index (χ0n) is 14.0. The highest BCUT2D eigenvalue weighted by atomic mass is 32.1. The number of benzene rings is 2. The van der Waals surface area contributed by atoms with Gasteiger partial charge in [-0.3, -0.25) is 5.41 Å². The molecule has 0 aliphatic carbocycles. The average Bonchev–Trinajstić information content (AvgIpc) is 3.27. The normalized spacial score (nSPS) is 13.9. The number of hydrogen-bond acceptors (Lipinski definition) is 5. The molecule has 0 unspecified atom stereocenters. The predicted molar refractivity (Wildman–Crippen MR) is 103 cm³/mol. The molecule has 0 atom stereocenters. The van der Waals surface area contributed by atoms with Gasteiger partial charge in [0, 0.05) is 16.6 Å². The number of amidine groups is 1. The first-order chi connectivity index (χ1) is 13.1. The Bertz CT molecular complexity index is 1090. The number of anilines is 1. The second-order valence-electron chi connectivity index (χ2n) is 5.96. The van der Waals surface area contributed by atoms with E-state index in [0.717, 1.165) is 5.56 Å². The molecule has 0 spiro atoms. The molecule has 132 valence electrons. The highest BCUT2D eigenvalue weighted by Gasteiger charge is 2.31. The van der Waals surface area contributed by atoms with Crippen LogP contribution in [-0.2, 0) is 0 Å². The van der Waals surface area contributed by atoms with Crippen molar-refractivity contribution in [2.45, 2.75) is 0 Å². The Hall–Kier alpha value is -3.50. The number of aromatic nitrogens is 1. The van der Waals surface area contributed by atoms with Crippen LogP contribution in [0.2, 0.25) is 0 Å². The van der Waals surface area contributed by atoms with Crippen molar-refractivity contribution in [2.24, 2.45) is 0 Å². The van der Waals surface area contributed by atoms with Gasteiger partial charge in [0.2, 0.25) is 0 Å². The lowest BCUT2D eigenvalue weighted by Crippen LogP contribution is -2.25. The van der Waals surface area contributed by atoms with Crippen LogP contribution in [0, 0.1) is 22.6 Å². The van der Waals surface area contributed by atoms with Gasteiger partial charge in [0.15, 0.2) is 0 Å². The van der Waals surface area contributed by atoms with Gasteiger partial charge in [-0.15, -0.1) is 11.3 Å². The molecule has 5 nitrogen and oxygen atoms in total. The summed E-state index contributed by atoms with van der Waals surface area (Å²) in [5, 5.41) is 30.1. The summed E-state index contributed by atoms with van der Waals surface area (Å²) in [6, 6.07) is 14.9. The van der Waals surface area contributed by atoms with E-state index < -0.39 is 0 Å². The highest BCUT2D eigenvalue weighted by molar-refractivity contribution is 7.11. The Balaban J connectivity index is 1.62. The second-order valence-corrected chi connectivity index (χ2v) is 6.82. The average molecular weight is 376 g/mol. The number of nitrogens with one attached hydrogen (secondary N) is 1. The van der Waals surface area contributed by atoms with E-state index in [1.807, 2.05) is 17.5 Å². The van der Waals surface area contributed by atoms with Crippen molar-refractivity contribution in [1.29, 1.82) is 10.7 Å². The molecule has 1 aliphatic rings. The van der Waals surface area contributed by atoms with E-state index in [-0.39, 0.29) is 24.0 Å². The Kier molecular flexibility index (Phi) is 4.18. The molecule has 4 rings (SSSR count). The summed E-state index contributed by atoms with van der Waals surface area (Å²) >= 11 is 1.34. The van der Waals surface area contributed by atoms with E-state index in [4.69, 9.17) is 10.7 Å². The molecule has 0 fully saturated rings. The lowest BCUT2D eigenvalue weighted by molar-refractivity contribution is 0.411. The maximum Gasteiger partial charge on any atom is 0.139 e. The first-order valence-corrected chi connectivity index (χ1v) is 8.95. The van der Waals surface area contributed by atoms with Crippen molar-refractivity contribution in [3.05, 3.63) is 76.1 Å². The quantitative estimate of drug-likeness (QED) is 0.700. The lowest BCUT2D eigenvalue weighted by Gasteiger charge is -2.18. The molecule has 27 heavy (non-hydrogen) atoms. The number of nitriles is 1. The summed E-state index contributed by atoms with van der Waals surface area (Å²) in [5.74, 6) is -0.168. The standard InChI is InChI=1S/C20H13FN4OS/c21-14-5-7-15(8-6-14)25-10-17(26)18(19(25)23)20-24-16(11-27-20)13-3-1-12(9-22)2-4-13/h1-8,11,23,26H,10H2. The number of thiazole rings is 1. The summed E-state index contributed by atoms with van der Waals surface area (Å²) < 4.78 is 13.1. The monoisotopic (exact) mass is 376 g/mol. The van der Waals surface area contributed by atoms with E-state index in [0.29, 0.717) is 27.5 Å². The highest BCUT2D eigenvalue weighted by Crippen LogP contribution is 2.34. The smallest absolute Gasteiger partial charge is 0.139 e. The van der Waals surface area contributed by atoms with Gasteiger partial charge < -0.3 is 10.0 Å². The fourth-order valence-electron chi connectivity index (χ4n) is 2.88. The Morgan fingerprint density at radius 1 is 1.15 bits per heavy atom. The first kappa shape index (κ1) is 16.9. The molecule has 0 saturated heterocycles. The van der Waals surface area contributed by atoms with Crippen molar-refractivity contribution in [3.63, 3.8) is 0 Å². The van der Waals surface area contributed by atoms with Gasteiger partial charge in [0.1, 0.15) is 22.4 Å². The molecule has 2 heterocycles. The summed E-state index contributed by atoms with van der Waals surface area (Å²) in [6.07, 6.45) is 0. The Morgan fingerprint density at radius 2 is 1.85 bits per heavy atom. The van der Waals surface area contributed by atoms with Crippen LogP contribution in [0.3, 0.4) is 0 Å². The minimum atomic E-state index is -0.353. The lowest BCUT2D eigenvalue weighted by atomic mass is 10.1. The van der Waals surface area contributed by atoms with Crippen LogP contribution in [0.4, 0.5) is 10.1 Å². The fourth-order valence-corrected chi connectivity index (χ4v) is 3.78. The summed E-state index contributed by atoms with van der Waals surface area (Å²) in [7, 11) is 0. The number of rotatable bonds is 3. The van der Waals surface area contributed by atoms with Crippen LogP contribution in [-0.4, -0.2) is 22.5 Å². The molecular formula is C20H13FN4OS. The van der Waals surface area contributed by atoms with Crippen LogP contribution in [0.15, 0.2) is 59.7 Å². The van der Waals surface area contributed by atoms with Crippen molar-refractivity contribution < 1.29 is 9.50 Å². The predicted octanol–water partition coefficient (Wildman–Crippen LogP) is 4.59. The third-order valence-electron chi connectivity index (χ3n) is 4.27. The second kappa shape index (κ2) is 6.67. The van der Waals surface area contributed by atoms with Gasteiger partial charge in [-0.2, -0.15) is 5.26 Å². The maximum atomic E-state index is 13.1. The molecular weight excluding hydrogens is 363 g/mol. The van der Waals surface area contributed by atoms with E-state index in [1.54, 1.807) is 29.2 Å². The largest absolute Gasteiger partial charge is 0.510 e. The number of hydrogen-bond donors (Lipinski definition) is 2. The topological polar surface area (TPSA) is 84.0 Å². The van der Waals surface area contributed by atoms with Crippen molar-refractivity contribution in [3.8, 4) is 17.3 Å². The molecule has 7 heteroatoms.